The Bertz CT molecular complexity index is 312. The summed E-state index contributed by atoms with van der Waals surface area (Å²) in [7, 11) is 1.72. The summed E-state index contributed by atoms with van der Waals surface area (Å²) in [6, 6.07) is 7.79. The lowest BCUT2D eigenvalue weighted by Crippen LogP contribution is -2.26. The fourth-order valence-electron chi connectivity index (χ4n) is 1.04. The lowest BCUT2D eigenvalue weighted by molar-refractivity contribution is -0.116. The van der Waals surface area contributed by atoms with E-state index in [-0.39, 0.29) is 11.8 Å². The standard InChI is InChI=1S/C10H12ClNOS/c1-12(10(13)7-11)8-3-5-9(14-2)6-4-8/h3-6H,7H2,1-2H3. The molecule has 0 aliphatic heterocycles. The first-order valence-corrected chi connectivity index (χ1v) is 5.91. The van der Waals surface area contributed by atoms with E-state index in [1.54, 1.807) is 23.7 Å². The van der Waals surface area contributed by atoms with Gasteiger partial charge < -0.3 is 4.90 Å². The van der Waals surface area contributed by atoms with Gasteiger partial charge in [-0.3, -0.25) is 4.79 Å². The molecule has 0 saturated heterocycles. The van der Waals surface area contributed by atoms with Crippen molar-refractivity contribution in [2.24, 2.45) is 0 Å². The number of halogens is 1. The lowest BCUT2D eigenvalue weighted by atomic mass is 10.3. The van der Waals surface area contributed by atoms with Gasteiger partial charge in [-0.1, -0.05) is 0 Å². The van der Waals surface area contributed by atoms with Gasteiger partial charge in [-0.05, 0) is 30.5 Å². The number of carbonyl (C=O) groups is 1. The molecule has 0 bridgehead atoms. The SMILES string of the molecule is CSc1ccc(N(C)C(=O)CCl)cc1. The first-order chi connectivity index (χ1) is 6.69. The average molecular weight is 230 g/mol. The highest BCUT2D eigenvalue weighted by Gasteiger charge is 2.08. The molecular weight excluding hydrogens is 218 g/mol. The Hall–Kier alpha value is -0.670. The Kier molecular flexibility index (Phi) is 4.29. The molecule has 0 atom stereocenters. The van der Waals surface area contributed by atoms with Crippen molar-refractivity contribution in [2.45, 2.75) is 4.90 Å². The number of alkyl halides is 1. The van der Waals surface area contributed by atoms with Crippen LogP contribution in [0.15, 0.2) is 29.2 Å². The number of thioether (sulfide) groups is 1. The maximum absolute atomic E-state index is 11.3. The Morgan fingerprint density at radius 1 is 1.43 bits per heavy atom. The first-order valence-electron chi connectivity index (χ1n) is 4.15. The van der Waals surface area contributed by atoms with Crippen LogP contribution in [0, 0.1) is 0 Å². The third-order valence-corrected chi connectivity index (χ3v) is 2.92. The molecule has 1 aromatic carbocycles. The van der Waals surface area contributed by atoms with Crippen molar-refractivity contribution >= 4 is 35.0 Å². The predicted octanol–water partition coefficient (Wildman–Crippen LogP) is 2.61. The maximum Gasteiger partial charge on any atom is 0.241 e. The Balaban J connectivity index is 2.81. The summed E-state index contributed by atoms with van der Waals surface area (Å²) in [5, 5.41) is 0. The van der Waals surface area contributed by atoms with Crippen LogP contribution in [0.3, 0.4) is 0 Å². The maximum atomic E-state index is 11.3. The highest BCUT2D eigenvalue weighted by atomic mass is 35.5. The van der Waals surface area contributed by atoms with E-state index in [1.807, 2.05) is 30.5 Å². The minimum absolute atomic E-state index is 0.0147. The molecule has 0 spiro atoms. The molecule has 0 unspecified atom stereocenters. The molecule has 4 heteroatoms. The number of nitrogens with zero attached hydrogens (tertiary/aromatic N) is 1. The molecule has 0 N–H and O–H groups in total. The largest absolute Gasteiger partial charge is 0.314 e. The second kappa shape index (κ2) is 5.27. The van der Waals surface area contributed by atoms with E-state index in [9.17, 15) is 4.79 Å². The summed E-state index contributed by atoms with van der Waals surface area (Å²) in [5.74, 6) is -0.0793. The fraction of sp³-hybridized carbons (Fsp3) is 0.300. The molecule has 76 valence electrons. The molecule has 0 saturated carbocycles. The highest BCUT2D eigenvalue weighted by molar-refractivity contribution is 7.98. The summed E-state index contributed by atoms with van der Waals surface area (Å²) in [6.45, 7) is 0. The number of anilines is 1. The number of rotatable bonds is 3. The van der Waals surface area contributed by atoms with Gasteiger partial charge in [0.05, 0.1) is 0 Å². The summed E-state index contributed by atoms with van der Waals surface area (Å²) in [5.41, 5.74) is 0.869. The van der Waals surface area contributed by atoms with Gasteiger partial charge in [0.15, 0.2) is 0 Å². The van der Waals surface area contributed by atoms with Crippen LogP contribution in [0.25, 0.3) is 0 Å². The van der Waals surface area contributed by atoms with Crippen molar-refractivity contribution in [3.05, 3.63) is 24.3 Å². The van der Waals surface area contributed by atoms with Crippen molar-refractivity contribution in [3.63, 3.8) is 0 Å². The van der Waals surface area contributed by atoms with E-state index in [0.717, 1.165) is 5.69 Å². The van der Waals surface area contributed by atoms with E-state index in [4.69, 9.17) is 11.6 Å². The van der Waals surface area contributed by atoms with Crippen LogP contribution >= 0.6 is 23.4 Å². The molecule has 1 amide bonds. The molecule has 1 rings (SSSR count). The highest BCUT2D eigenvalue weighted by Crippen LogP contribution is 2.19. The van der Waals surface area contributed by atoms with Crippen molar-refractivity contribution in [3.8, 4) is 0 Å². The van der Waals surface area contributed by atoms with Crippen LogP contribution in [-0.4, -0.2) is 25.1 Å². The van der Waals surface area contributed by atoms with Crippen molar-refractivity contribution in [1.29, 1.82) is 0 Å². The summed E-state index contributed by atoms with van der Waals surface area (Å²) < 4.78 is 0. The van der Waals surface area contributed by atoms with Crippen LogP contribution in [0.2, 0.25) is 0 Å². The van der Waals surface area contributed by atoms with E-state index in [1.165, 1.54) is 4.90 Å². The number of benzene rings is 1. The zero-order chi connectivity index (χ0) is 10.6. The molecule has 14 heavy (non-hydrogen) atoms. The van der Waals surface area contributed by atoms with Crippen LogP contribution < -0.4 is 4.90 Å². The summed E-state index contributed by atoms with van der Waals surface area (Å²) in [6.07, 6.45) is 2.02. The van der Waals surface area contributed by atoms with Gasteiger partial charge in [0.1, 0.15) is 5.88 Å². The van der Waals surface area contributed by atoms with E-state index < -0.39 is 0 Å². The lowest BCUT2D eigenvalue weighted by Gasteiger charge is -2.15. The van der Waals surface area contributed by atoms with E-state index in [2.05, 4.69) is 0 Å². The minimum atomic E-state index is -0.0939. The Labute approximate surface area is 93.2 Å². The van der Waals surface area contributed by atoms with E-state index >= 15 is 0 Å². The van der Waals surface area contributed by atoms with Gasteiger partial charge in [-0.15, -0.1) is 23.4 Å². The fourth-order valence-corrected chi connectivity index (χ4v) is 1.63. The number of hydrogen-bond acceptors (Lipinski definition) is 2. The molecule has 0 radical (unpaired) electrons. The molecule has 0 heterocycles. The van der Waals surface area contributed by atoms with Gasteiger partial charge >= 0.3 is 0 Å². The van der Waals surface area contributed by atoms with Crippen molar-refractivity contribution in [1.82, 2.24) is 0 Å². The molecule has 0 aliphatic rings. The monoisotopic (exact) mass is 229 g/mol. The summed E-state index contributed by atoms with van der Waals surface area (Å²) in [4.78, 5) is 14.0. The van der Waals surface area contributed by atoms with Crippen LogP contribution in [0.5, 0.6) is 0 Å². The number of carbonyl (C=O) groups excluding carboxylic acids is 1. The molecule has 1 aromatic rings. The topological polar surface area (TPSA) is 20.3 Å². The van der Waals surface area contributed by atoms with Crippen LogP contribution in [0.1, 0.15) is 0 Å². The second-order valence-corrected chi connectivity index (χ2v) is 3.93. The first kappa shape index (κ1) is 11.4. The molecule has 0 aliphatic carbocycles. The predicted molar refractivity (Wildman–Crippen MR) is 62.4 cm³/mol. The van der Waals surface area contributed by atoms with Gasteiger partial charge in [0.25, 0.3) is 0 Å². The van der Waals surface area contributed by atoms with E-state index in [0.29, 0.717) is 0 Å². The normalized spacial score (nSPS) is 9.93. The quantitative estimate of drug-likeness (QED) is 0.587. The van der Waals surface area contributed by atoms with Crippen LogP contribution in [-0.2, 0) is 4.79 Å². The Morgan fingerprint density at radius 3 is 2.43 bits per heavy atom. The zero-order valence-electron chi connectivity index (χ0n) is 8.16. The molecule has 2 nitrogen and oxygen atoms in total. The Morgan fingerprint density at radius 2 is 2.00 bits per heavy atom. The van der Waals surface area contributed by atoms with Gasteiger partial charge in [0, 0.05) is 17.6 Å². The molecule has 0 fully saturated rings. The molecule has 0 aromatic heterocycles. The number of amides is 1. The smallest absolute Gasteiger partial charge is 0.241 e. The zero-order valence-corrected chi connectivity index (χ0v) is 9.73. The van der Waals surface area contributed by atoms with Gasteiger partial charge in [0.2, 0.25) is 5.91 Å². The number of hydrogen-bond donors (Lipinski definition) is 0. The van der Waals surface area contributed by atoms with Crippen molar-refractivity contribution in [2.75, 3.05) is 24.1 Å². The average Bonchev–Trinajstić information content (AvgIpc) is 2.27. The van der Waals surface area contributed by atoms with Gasteiger partial charge in [-0.2, -0.15) is 0 Å². The van der Waals surface area contributed by atoms with Gasteiger partial charge in [-0.25, -0.2) is 0 Å². The third kappa shape index (κ3) is 2.66. The van der Waals surface area contributed by atoms with Crippen LogP contribution in [0.4, 0.5) is 5.69 Å². The summed E-state index contributed by atoms with van der Waals surface area (Å²) >= 11 is 7.13. The third-order valence-electron chi connectivity index (χ3n) is 1.95. The minimum Gasteiger partial charge on any atom is -0.314 e. The van der Waals surface area contributed by atoms with Crippen molar-refractivity contribution < 1.29 is 4.79 Å². The second-order valence-electron chi connectivity index (χ2n) is 2.78. The molecular formula is C10H12ClNOS.